The number of benzene rings is 2. The summed E-state index contributed by atoms with van der Waals surface area (Å²) in [5.41, 5.74) is 2.06. The molecule has 1 aliphatic rings. The summed E-state index contributed by atoms with van der Waals surface area (Å²) in [4.78, 5) is 12.3. The third kappa shape index (κ3) is 6.78. The van der Waals surface area contributed by atoms with Crippen LogP contribution in [0.2, 0.25) is 0 Å². The van der Waals surface area contributed by atoms with Crippen molar-refractivity contribution in [1.29, 1.82) is 0 Å². The summed E-state index contributed by atoms with van der Waals surface area (Å²) < 4.78 is 37.7. The number of hydrogen-bond acceptors (Lipinski definition) is 5. The molecule has 1 heterocycles. The molecule has 1 N–H and O–H groups in total. The summed E-state index contributed by atoms with van der Waals surface area (Å²) in [7, 11) is -3.48. The number of ether oxygens (including phenoxy) is 2. The molecule has 1 fully saturated rings. The van der Waals surface area contributed by atoms with Crippen LogP contribution in [-0.4, -0.2) is 58.1 Å². The van der Waals surface area contributed by atoms with E-state index in [0.717, 1.165) is 16.9 Å². The van der Waals surface area contributed by atoms with E-state index in [1.54, 1.807) is 24.3 Å². The number of sulfonamides is 1. The summed E-state index contributed by atoms with van der Waals surface area (Å²) in [5.74, 6) is 0.835. The van der Waals surface area contributed by atoms with E-state index in [4.69, 9.17) is 9.47 Å². The lowest BCUT2D eigenvalue weighted by Crippen LogP contribution is -2.40. The maximum atomic E-state index is 12.6. The van der Waals surface area contributed by atoms with Gasteiger partial charge in [0.1, 0.15) is 5.75 Å². The molecule has 168 valence electrons. The molecule has 0 unspecified atom stereocenters. The number of aryl methyl sites for hydroxylation is 1. The number of carbonyl (C=O) groups excluding carboxylic acids is 1. The Labute approximate surface area is 184 Å². The summed E-state index contributed by atoms with van der Waals surface area (Å²) in [5, 5.41) is 2.90. The molecule has 2 aromatic carbocycles. The van der Waals surface area contributed by atoms with Gasteiger partial charge in [-0.1, -0.05) is 30.3 Å². The van der Waals surface area contributed by atoms with Crippen LogP contribution in [0.4, 0.5) is 0 Å². The largest absolute Gasteiger partial charge is 0.493 e. The maximum absolute atomic E-state index is 12.6. The Morgan fingerprint density at radius 2 is 1.81 bits per heavy atom. The van der Waals surface area contributed by atoms with Crippen molar-refractivity contribution in [2.45, 2.75) is 31.1 Å². The number of morpholine rings is 1. The molecule has 0 spiro atoms. The van der Waals surface area contributed by atoms with E-state index in [1.165, 1.54) is 4.31 Å². The van der Waals surface area contributed by atoms with Crippen molar-refractivity contribution in [1.82, 2.24) is 9.62 Å². The summed E-state index contributed by atoms with van der Waals surface area (Å²) in [6, 6.07) is 14.7. The van der Waals surface area contributed by atoms with Gasteiger partial charge in [-0.05, 0) is 49.1 Å². The average molecular weight is 447 g/mol. The molecule has 1 amide bonds. The van der Waals surface area contributed by atoms with Crippen LogP contribution in [0.15, 0.2) is 53.4 Å². The fourth-order valence-corrected chi connectivity index (χ4v) is 4.74. The number of para-hydroxylation sites is 1. The third-order valence-electron chi connectivity index (χ3n) is 5.17. The lowest BCUT2D eigenvalue weighted by Gasteiger charge is -2.26. The molecule has 0 aliphatic carbocycles. The van der Waals surface area contributed by atoms with Gasteiger partial charge in [-0.3, -0.25) is 4.79 Å². The SMILES string of the molecule is Cc1ccccc1OCCCC(=O)NCCc1ccc(S(=O)(=O)N2CCOCC2)cc1. The first-order chi connectivity index (χ1) is 15.0. The van der Waals surface area contributed by atoms with E-state index in [-0.39, 0.29) is 10.8 Å². The first-order valence-electron chi connectivity index (χ1n) is 10.6. The lowest BCUT2D eigenvalue weighted by atomic mass is 10.1. The van der Waals surface area contributed by atoms with Crippen LogP contribution in [0.25, 0.3) is 0 Å². The predicted octanol–water partition coefficient (Wildman–Crippen LogP) is 2.53. The number of rotatable bonds is 10. The zero-order chi connectivity index (χ0) is 22.1. The van der Waals surface area contributed by atoms with Gasteiger partial charge in [-0.2, -0.15) is 4.31 Å². The van der Waals surface area contributed by atoms with Crippen LogP contribution >= 0.6 is 0 Å². The Kier molecular flexibility index (Phi) is 8.45. The summed E-state index contributed by atoms with van der Waals surface area (Å²) >= 11 is 0. The van der Waals surface area contributed by atoms with Gasteiger partial charge in [0.05, 0.1) is 24.7 Å². The zero-order valence-electron chi connectivity index (χ0n) is 17.9. The fraction of sp³-hybridized carbons (Fsp3) is 0.435. The Morgan fingerprint density at radius 3 is 2.52 bits per heavy atom. The molecule has 0 radical (unpaired) electrons. The standard InChI is InChI=1S/C23H30N2O5S/c1-19-5-2-3-6-22(19)30-16-4-7-23(26)24-13-12-20-8-10-21(11-9-20)31(27,28)25-14-17-29-18-15-25/h2-3,5-6,8-11H,4,7,12-18H2,1H3,(H,24,26). The van der Waals surface area contributed by atoms with Crippen molar-refractivity contribution >= 4 is 15.9 Å². The van der Waals surface area contributed by atoms with Gasteiger partial charge in [0.25, 0.3) is 0 Å². The van der Waals surface area contributed by atoms with Crippen molar-refractivity contribution in [2.24, 2.45) is 0 Å². The molecule has 0 atom stereocenters. The van der Waals surface area contributed by atoms with Gasteiger partial charge >= 0.3 is 0 Å². The quantitative estimate of drug-likeness (QED) is 0.567. The van der Waals surface area contributed by atoms with E-state index in [9.17, 15) is 13.2 Å². The van der Waals surface area contributed by atoms with E-state index < -0.39 is 10.0 Å². The van der Waals surface area contributed by atoms with Crippen LogP contribution in [0.1, 0.15) is 24.0 Å². The van der Waals surface area contributed by atoms with Crippen LogP contribution in [0.3, 0.4) is 0 Å². The second-order valence-electron chi connectivity index (χ2n) is 7.48. The highest BCUT2D eigenvalue weighted by molar-refractivity contribution is 7.89. The fourth-order valence-electron chi connectivity index (χ4n) is 3.33. The van der Waals surface area contributed by atoms with Crippen LogP contribution in [0.5, 0.6) is 5.75 Å². The van der Waals surface area contributed by atoms with Crippen molar-refractivity contribution in [3.05, 3.63) is 59.7 Å². The Balaban J connectivity index is 1.36. The lowest BCUT2D eigenvalue weighted by molar-refractivity contribution is -0.121. The first-order valence-corrected chi connectivity index (χ1v) is 12.0. The molecule has 0 saturated carbocycles. The van der Waals surface area contributed by atoms with Gasteiger partial charge in [-0.25, -0.2) is 8.42 Å². The molecule has 1 aliphatic heterocycles. The number of carbonyl (C=O) groups is 1. The normalized spacial score (nSPS) is 14.9. The average Bonchev–Trinajstić information content (AvgIpc) is 2.79. The number of amides is 1. The van der Waals surface area contributed by atoms with E-state index in [2.05, 4.69) is 5.32 Å². The monoisotopic (exact) mass is 446 g/mol. The summed E-state index contributed by atoms with van der Waals surface area (Å²) in [6.45, 7) is 4.61. The Hall–Kier alpha value is -2.42. The topological polar surface area (TPSA) is 84.9 Å². The molecule has 0 bridgehead atoms. The van der Waals surface area contributed by atoms with E-state index in [1.807, 2.05) is 31.2 Å². The van der Waals surface area contributed by atoms with Crippen LogP contribution in [-0.2, 0) is 26.0 Å². The second kappa shape index (κ2) is 11.3. The minimum absolute atomic E-state index is 0.0140. The molecule has 0 aromatic heterocycles. The molecule has 31 heavy (non-hydrogen) atoms. The smallest absolute Gasteiger partial charge is 0.243 e. The van der Waals surface area contributed by atoms with Crippen molar-refractivity contribution < 1.29 is 22.7 Å². The first kappa shape index (κ1) is 23.2. The van der Waals surface area contributed by atoms with Crippen molar-refractivity contribution in [3.8, 4) is 5.75 Å². The van der Waals surface area contributed by atoms with Gasteiger partial charge in [-0.15, -0.1) is 0 Å². The highest BCUT2D eigenvalue weighted by Crippen LogP contribution is 2.18. The molecule has 1 saturated heterocycles. The molecule has 8 heteroatoms. The van der Waals surface area contributed by atoms with Gasteiger partial charge in [0.15, 0.2) is 0 Å². The molecule has 3 rings (SSSR count). The number of hydrogen-bond donors (Lipinski definition) is 1. The van der Waals surface area contributed by atoms with Gasteiger partial charge in [0, 0.05) is 26.1 Å². The van der Waals surface area contributed by atoms with Gasteiger partial charge < -0.3 is 14.8 Å². The van der Waals surface area contributed by atoms with Crippen LogP contribution < -0.4 is 10.1 Å². The zero-order valence-corrected chi connectivity index (χ0v) is 18.7. The maximum Gasteiger partial charge on any atom is 0.243 e. The Bertz CT molecular complexity index is 954. The number of nitrogens with one attached hydrogen (secondary N) is 1. The third-order valence-corrected chi connectivity index (χ3v) is 7.08. The predicted molar refractivity (Wildman–Crippen MR) is 119 cm³/mol. The van der Waals surface area contributed by atoms with E-state index >= 15 is 0 Å². The molecule has 2 aromatic rings. The minimum Gasteiger partial charge on any atom is -0.493 e. The minimum atomic E-state index is -3.48. The highest BCUT2D eigenvalue weighted by Gasteiger charge is 2.25. The van der Waals surface area contributed by atoms with Crippen molar-refractivity contribution in [2.75, 3.05) is 39.5 Å². The van der Waals surface area contributed by atoms with Crippen LogP contribution in [0, 0.1) is 6.92 Å². The molecular weight excluding hydrogens is 416 g/mol. The summed E-state index contributed by atoms with van der Waals surface area (Å²) in [6.07, 6.45) is 1.69. The van der Waals surface area contributed by atoms with Crippen molar-refractivity contribution in [3.63, 3.8) is 0 Å². The second-order valence-corrected chi connectivity index (χ2v) is 9.42. The van der Waals surface area contributed by atoms with Gasteiger partial charge in [0.2, 0.25) is 15.9 Å². The number of nitrogens with zero attached hydrogens (tertiary/aromatic N) is 1. The highest BCUT2D eigenvalue weighted by atomic mass is 32.2. The molecule has 7 nitrogen and oxygen atoms in total. The van der Waals surface area contributed by atoms with E-state index in [0.29, 0.717) is 58.7 Å². The Morgan fingerprint density at radius 1 is 1.10 bits per heavy atom. The molecular formula is C23H30N2O5S.